The Morgan fingerprint density at radius 1 is 1.27 bits per heavy atom. The van der Waals surface area contributed by atoms with Crippen LogP contribution in [0, 0.1) is 5.92 Å². The van der Waals surface area contributed by atoms with Gasteiger partial charge in [0.05, 0.1) is 0 Å². The molecule has 0 saturated heterocycles. The summed E-state index contributed by atoms with van der Waals surface area (Å²) < 4.78 is 0. The third kappa shape index (κ3) is 2.26. The van der Waals surface area contributed by atoms with Crippen molar-refractivity contribution in [2.24, 2.45) is 11.7 Å². The van der Waals surface area contributed by atoms with Gasteiger partial charge in [0.1, 0.15) is 5.78 Å². The van der Waals surface area contributed by atoms with Crippen molar-refractivity contribution < 1.29 is 4.79 Å². The molecule has 2 rings (SSSR count). The molecule has 1 aromatic rings. The number of hydrogen-bond acceptors (Lipinski definition) is 2. The average Bonchev–Trinajstić information content (AvgIpc) is 2.31. The maximum atomic E-state index is 11.5. The van der Waals surface area contributed by atoms with Crippen LogP contribution < -0.4 is 5.73 Å². The number of rotatable bonds is 2. The summed E-state index contributed by atoms with van der Waals surface area (Å²) in [5.74, 6) is 0.964. The van der Waals surface area contributed by atoms with Gasteiger partial charge in [-0.05, 0) is 24.3 Å². The van der Waals surface area contributed by atoms with E-state index in [2.05, 4.69) is 24.3 Å². The molecule has 0 bridgehead atoms. The SMILES string of the molecule is NC[C@@H]1C[C@H](c2ccccc2)CCC1=O. The number of Topliss-reactive ketones (excluding diaryl/α,β-unsaturated/α-hetero) is 1. The predicted octanol–water partition coefficient (Wildman–Crippen LogP) is 2.10. The number of hydrogen-bond donors (Lipinski definition) is 1. The van der Waals surface area contributed by atoms with Gasteiger partial charge < -0.3 is 5.73 Å². The highest BCUT2D eigenvalue weighted by atomic mass is 16.1. The lowest BCUT2D eigenvalue weighted by molar-refractivity contribution is -0.124. The van der Waals surface area contributed by atoms with Crippen LogP contribution in [-0.2, 0) is 4.79 Å². The van der Waals surface area contributed by atoms with Crippen LogP contribution in [0.2, 0.25) is 0 Å². The van der Waals surface area contributed by atoms with E-state index in [0.717, 1.165) is 12.8 Å². The summed E-state index contributed by atoms with van der Waals surface area (Å²) in [6.07, 6.45) is 2.61. The van der Waals surface area contributed by atoms with E-state index in [4.69, 9.17) is 5.73 Å². The summed E-state index contributed by atoms with van der Waals surface area (Å²) in [5.41, 5.74) is 6.96. The van der Waals surface area contributed by atoms with Crippen LogP contribution in [0.3, 0.4) is 0 Å². The highest BCUT2D eigenvalue weighted by Crippen LogP contribution is 2.33. The largest absolute Gasteiger partial charge is 0.330 e. The van der Waals surface area contributed by atoms with Gasteiger partial charge in [0, 0.05) is 18.9 Å². The molecule has 0 aromatic heterocycles. The molecular formula is C13H17NO. The van der Waals surface area contributed by atoms with Crippen molar-refractivity contribution in [2.75, 3.05) is 6.54 Å². The third-order valence-corrected chi connectivity index (χ3v) is 3.32. The smallest absolute Gasteiger partial charge is 0.137 e. The topological polar surface area (TPSA) is 43.1 Å². The fourth-order valence-electron chi connectivity index (χ4n) is 2.37. The van der Waals surface area contributed by atoms with Crippen molar-refractivity contribution in [1.82, 2.24) is 0 Å². The molecule has 2 atom stereocenters. The second kappa shape index (κ2) is 4.58. The maximum absolute atomic E-state index is 11.5. The summed E-state index contributed by atoms with van der Waals surface area (Å²) in [6, 6.07) is 10.4. The fraction of sp³-hybridized carbons (Fsp3) is 0.462. The first-order valence-electron chi connectivity index (χ1n) is 5.59. The molecule has 0 radical (unpaired) electrons. The van der Waals surface area contributed by atoms with Crippen molar-refractivity contribution in [1.29, 1.82) is 0 Å². The Balaban J connectivity index is 2.09. The molecule has 0 amide bonds. The molecule has 80 valence electrons. The van der Waals surface area contributed by atoms with Gasteiger partial charge in [0.25, 0.3) is 0 Å². The van der Waals surface area contributed by atoms with Crippen molar-refractivity contribution in [2.45, 2.75) is 25.2 Å². The van der Waals surface area contributed by atoms with E-state index >= 15 is 0 Å². The number of carbonyl (C=O) groups is 1. The number of nitrogens with two attached hydrogens (primary N) is 1. The van der Waals surface area contributed by atoms with Gasteiger partial charge in [-0.15, -0.1) is 0 Å². The van der Waals surface area contributed by atoms with E-state index in [1.165, 1.54) is 5.56 Å². The zero-order chi connectivity index (χ0) is 10.7. The monoisotopic (exact) mass is 203 g/mol. The van der Waals surface area contributed by atoms with E-state index in [1.807, 2.05) is 6.07 Å². The van der Waals surface area contributed by atoms with Crippen LogP contribution in [0.4, 0.5) is 0 Å². The molecule has 0 spiro atoms. The summed E-state index contributed by atoms with van der Waals surface area (Å²) in [5, 5.41) is 0. The lowest BCUT2D eigenvalue weighted by atomic mass is 9.77. The highest BCUT2D eigenvalue weighted by Gasteiger charge is 2.28. The van der Waals surface area contributed by atoms with E-state index in [9.17, 15) is 4.79 Å². The minimum Gasteiger partial charge on any atom is -0.330 e. The molecule has 2 heteroatoms. The Kier molecular flexibility index (Phi) is 3.17. The molecule has 0 aliphatic heterocycles. The highest BCUT2D eigenvalue weighted by molar-refractivity contribution is 5.82. The average molecular weight is 203 g/mol. The minimum atomic E-state index is 0.0870. The van der Waals surface area contributed by atoms with Gasteiger partial charge in [-0.1, -0.05) is 30.3 Å². The molecule has 1 aliphatic rings. The Hall–Kier alpha value is -1.15. The van der Waals surface area contributed by atoms with Crippen LogP contribution in [0.25, 0.3) is 0 Å². The quantitative estimate of drug-likeness (QED) is 0.799. The molecule has 1 fully saturated rings. The Labute approximate surface area is 90.5 Å². The second-order valence-electron chi connectivity index (χ2n) is 4.28. The zero-order valence-corrected chi connectivity index (χ0v) is 8.86. The van der Waals surface area contributed by atoms with Crippen LogP contribution in [0.15, 0.2) is 30.3 Å². The van der Waals surface area contributed by atoms with Gasteiger partial charge in [-0.2, -0.15) is 0 Å². The molecular weight excluding hydrogens is 186 g/mol. The Bertz CT molecular complexity index is 334. The summed E-state index contributed by atoms with van der Waals surface area (Å²) in [7, 11) is 0. The number of benzene rings is 1. The fourth-order valence-corrected chi connectivity index (χ4v) is 2.37. The van der Waals surface area contributed by atoms with Crippen molar-refractivity contribution in [3.05, 3.63) is 35.9 Å². The molecule has 1 saturated carbocycles. The maximum Gasteiger partial charge on any atom is 0.137 e. The molecule has 2 N–H and O–H groups in total. The van der Waals surface area contributed by atoms with Crippen molar-refractivity contribution in [3.63, 3.8) is 0 Å². The van der Waals surface area contributed by atoms with Gasteiger partial charge in [0.2, 0.25) is 0 Å². The standard InChI is InChI=1S/C13H17NO/c14-9-12-8-11(6-7-13(12)15)10-4-2-1-3-5-10/h1-5,11-12H,6-9,14H2/t11-,12+/m1/s1. The second-order valence-corrected chi connectivity index (χ2v) is 4.28. The molecule has 0 unspecified atom stereocenters. The van der Waals surface area contributed by atoms with E-state index in [-0.39, 0.29) is 5.92 Å². The van der Waals surface area contributed by atoms with Crippen LogP contribution in [0.1, 0.15) is 30.7 Å². The number of ketones is 1. The lowest BCUT2D eigenvalue weighted by Gasteiger charge is -2.27. The van der Waals surface area contributed by atoms with Crippen LogP contribution in [-0.4, -0.2) is 12.3 Å². The molecule has 2 nitrogen and oxygen atoms in total. The summed E-state index contributed by atoms with van der Waals surface area (Å²) in [4.78, 5) is 11.5. The minimum absolute atomic E-state index is 0.0870. The van der Waals surface area contributed by atoms with E-state index < -0.39 is 0 Å². The summed E-state index contributed by atoms with van der Waals surface area (Å²) in [6.45, 7) is 0.502. The lowest BCUT2D eigenvalue weighted by Crippen LogP contribution is -2.29. The first-order valence-corrected chi connectivity index (χ1v) is 5.59. The van der Waals surface area contributed by atoms with Crippen LogP contribution >= 0.6 is 0 Å². The first-order chi connectivity index (χ1) is 7.31. The van der Waals surface area contributed by atoms with Gasteiger partial charge in [0.15, 0.2) is 0 Å². The van der Waals surface area contributed by atoms with Crippen LogP contribution in [0.5, 0.6) is 0 Å². The van der Waals surface area contributed by atoms with Gasteiger partial charge >= 0.3 is 0 Å². The first kappa shape index (κ1) is 10.4. The number of carbonyl (C=O) groups excluding carboxylic acids is 1. The zero-order valence-electron chi connectivity index (χ0n) is 8.86. The molecule has 1 aromatic carbocycles. The normalized spacial score (nSPS) is 26.6. The Morgan fingerprint density at radius 3 is 2.67 bits per heavy atom. The Morgan fingerprint density at radius 2 is 2.00 bits per heavy atom. The predicted molar refractivity (Wildman–Crippen MR) is 60.6 cm³/mol. The summed E-state index contributed by atoms with van der Waals surface area (Å²) >= 11 is 0. The van der Waals surface area contributed by atoms with E-state index in [1.54, 1.807) is 0 Å². The molecule has 15 heavy (non-hydrogen) atoms. The van der Waals surface area contributed by atoms with E-state index in [0.29, 0.717) is 24.7 Å². The van der Waals surface area contributed by atoms with Gasteiger partial charge in [-0.25, -0.2) is 0 Å². The van der Waals surface area contributed by atoms with Crippen molar-refractivity contribution >= 4 is 5.78 Å². The third-order valence-electron chi connectivity index (χ3n) is 3.32. The molecule has 1 aliphatic carbocycles. The molecule has 0 heterocycles. The van der Waals surface area contributed by atoms with Crippen molar-refractivity contribution in [3.8, 4) is 0 Å². The van der Waals surface area contributed by atoms with Gasteiger partial charge in [-0.3, -0.25) is 4.79 Å².